The van der Waals surface area contributed by atoms with Crippen molar-refractivity contribution < 1.29 is 57.5 Å². The number of halogens is 2. The first-order valence-corrected chi connectivity index (χ1v) is 26.7. The molecule has 0 saturated heterocycles. The van der Waals surface area contributed by atoms with Gasteiger partial charge < -0.3 is 33.4 Å². The Morgan fingerprint density at radius 2 is 0.938 bits per heavy atom. The van der Waals surface area contributed by atoms with Crippen LogP contribution in [0.2, 0.25) is 0 Å². The van der Waals surface area contributed by atoms with E-state index in [1.165, 1.54) is 0 Å². The molecule has 12 nitrogen and oxygen atoms in total. The quantitative estimate of drug-likeness (QED) is 0.0677. The number of nitrogens with one attached hydrogen (secondary N) is 1. The molecule has 0 aliphatic heterocycles. The van der Waals surface area contributed by atoms with Gasteiger partial charge in [-0.15, -0.1) is 0 Å². The average Bonchev–Trinajstić information content (AvgIpc) is 3.78. The van der Waals surface area contributed by atoms with Crippen LogP contribution in [0.1, 0.15) is 185 Å². The van der Waals surface area contributed by atoms with Crippen molar-refractivity contribution in [1.29, 1.82) is 2.47 Å². The predicted molar refractivity (Wildman–Crippen MR) is 287 cm³/mol. The fourth-order valence-corrected chi connectivity index (χ4v) is 8.95. The molecular formula is C50H107I2N5O7P-. The molecule has 0 aromatic rings. The van der Waals surface area contributed by atoms with E-state index < -0.39 is 29.5 Å². The maximum absolute atomic E-state index is 11.3. The Hall–Kier alpha value is -1.29. The molecule has 0 aromatic carbocycles. The molecule has 394 valence electrons. The van der Waals surface area contributed by atoms with E-state index in [1.54, 1.807) is 7.05 Å². The van der Waals surface area contributed by atoms with E-state index in [0.29, 0.717) is 30.5 Å². The fraction of sp³-hybridized carbons (Fsp3) is 0.880. The third kappa shape index (κ3) is 26.3. The number of rotatable bonds is 16. The Bertz CT molecular complexity index is 1320. The molecule has 0 aromatic heterocycles. The number of carboxylic acid groups (broad SMARTS) is 1. The van der Waals surface area contributed by atoms with Crippen molar-refractivity contribution in [2.24, 2.45) is 116 Å². The summed E-state index contributed by atoms with van der Waals surface area (Å²) >= 11 is 1.07. The van der Waals surface area contributed by atoms with Gasteiger partial charge in [-0.2, -0.15) is 0 Å². The number of hydrogen-bond acceptors (Lipinski definition) is 6. The molecule has 2 rings (SSSR count). The standard InChI is InChI=1S/C9H17NO.C8H15NO.3C8H17NO.C8H16O2.CH4.H2IP.H2I/c1-8(2)6(7(11)10-5)9(8,3)4;1-7(2)5(6(9)10)8(7,3)4;1-5(2)7(6(3)4)8(9)10;1-4-5-7(6(2)3)8(9)10;1-4-6(3)7(5-2)8(9)10;1-5(2)7(6(3)4)8(9)10;;1-2;/h6H,1-5H3,(H,10,11);5H,1-4H3,(H2,9,10);5-7H,1-4H3,(H2,9,10);2*6-7H,4-5H2,1-3H3,(H2,9,10);5-7H,1-4H3,(H,9,10);1H4;2H2;1H2/q;;;;;;;;-1/i;;;;;;;2D;1D2. The van der Waals surface area contributed by atoms with E-state index in [2.05, 4.69) is 81.5 Å². The second-order valence-electron chi connectivity index (χ2n) is 21.4. The minimum atomic E-state index is -0.910. The summed E-state index contributed by atoms with van der Waals surface area (Å²) in [4.78, 5) is 65.0. The van der Waals surface area contributed by atoms with Gasteiger partial charge in [-0.3, -0.25) is 28.8 Å². The number of carboxylic acids is 1. The first kappa shape index (κ1) is 70.3. The predicted octanol–water partition coefficient (Wildman–Crippen LogP) is 7.37. The number of aliphatic carboxylic acids is 1. The first-order chi connectivity index (χ1) is 30.1. The van der Waals surface area contributed by atoms with Gasteiger partial charge in [-0.05, 0) is 70.0 Å². The zero-order chi connectivity index (χ0) is 55.3. The van der Waals surface area contributed by atoms with Crippen LogP contribution in [-0.4, -0.2) is 50.1 Å². The van der Waals surface area contributed by atoms with Gasteiger partial charge in [0.25, 0.3) is 0 Å². The van der Waals surface area contributed by atoms with E-state index in [0.717, 1.165) is 25.7 Å². The maximum atomic E-state index is 11.3. The second-order valence-corrected chi connectivity index (χ2v) is 21.4. The summed E-state index contributed by atoms with van der Waals surface area (Å²) in [5.74, 6) is 1.11. The number of amides is 5. The van der Waals surface area contributed by atoms with Crippen LogP contribution in [-0.2, 0) is 28.8 Å². The number of primary amides is 4. The molecule has 0 bridgehead atoms. The monoisotopic (exact) mass is 1180 g/mol. The van der Waals surface area contributed by atoms with E-state index >= 15 is 0 Å². The van der Waals surface area contributed by atoms with E-state index in [1.807, 2.05) is 98.2 Å². The summed E-state index contributed by atoms with van der Waals surface area (Å²) in [6, 6.07) is 0. The summed E-state index contributed by atoms with van der Waals surface area (Å²) in [6.45, 7) is 45.4. The van der Waals surface area contributed by atoms with Crippen LogP contribution in [0.5, 0.6) is 0 Å². The van der Waals surface area contributed by atoms with Crippen molar-refractivity contribution in [3.63, 3.8) is 0 Å². The number of nitrogens with two attached hydrogens (primary N) is 4. The average molecular weight is 1180 g/mol. The molecule has 0 radical (unpaired) electrons. The van der Waals surface area contributed by atoms with Crippen LogP contribution in [0.25, 0.3) is 0 Å². The van der Waals surface area contributed by atoms with Crippen LogP contribution >= 0.6 is 28.9 Å². The van der Waals surface area contributed by atoms with Gasteiger partial charge in [-0.1, -0.05) is 201 Å². The topological polar surface area (TPSA) is 239 Å². The molecule has 2 aliphatic carbocycles. The Kier molecular flexibility index (Phi) is 38.7. The molecule has 0 spiro atoms. The molecule has 2 fully saturated rings. The molecule has 10 N–H and O–H groups in total. The molecule has 2 saturated carbocycles. The van der Waals surface area contributed by atoms with Crippen LogP contribution in [0.15, 0.2) is 0 Å². The summed E-state index contributed by atoms with van der Waals surface area (Å²) in [5.41, 5.74) is 21.3. The van der Waals surface area contributed by atoms with Crippen LogP contribution < -0.4 is 51.8 Å². The summed E-state index contributed by atoms with van der Waals surface area (Å²) in [6.07, 6.45) is 3.85. The second kappa shape index (κ2) is 35.8. The van der Waals surface area contributed by atoms with Crippen molar-refractivity contribution in [2.75, 3.05) is 7.05 Å². The number of carbonyl (C=O) groups excluding carboxylic acids is 5. The Balaban J connectivity index is -0.000000128. The van der Waals surface area contributed by atoms with Gasteiger partial charge in [0.05, 0.1) is 7.20 Å². The van der Waals surface area contributed by atoms with Gasteiger partial charge in [-0.25, -0.2) is 0 Å². The van der Waals surface area contributed by atoms with Crippen molar-refractivity contribution in [2.45, 2.75) is 185 Å². The molecule has 15 heteroatoms. The van der Waals surface area contributed by atoms with Crippen LogP contribution in [0.3, 0.4) is 0 Å². The van der Waals surface area contributed by atoms with Gasteiger partial charge in [0, 0.05) is 36.6 Å². The summed E-state index contributed by atoms with van der Waals surface area (Å²) < 4.78 is 18.2. The molecule has 5 amide bonds. The zero-order valence-electron chi connectivity index (χ0n) is 47.7. The van der Waals surface area contributed by atoms with E-state index in [9.17, 15) is 28.8 Å². The molecule has 4 unspecified atom stereocenters. The molecular weight excluding hydrogens is 1070 g/mol. The van der Waals surface area contributed by atoms with Gasteiger partial charge in [0.2, 0.25) is 29.5 Å². The third-order valence-corrected chi connectivity index (χ3v) is 14.2. The Labute approximate surface area is 435 Å². The fourth-order valence-electron chi connectivity index (χ4n) is 8.95. The first-order valence-electron chi connectivity index (χ1n) is 24.4. The van der Waals surface area contributed by atoms with Crippen LogP contribution in [0, 0.1) is 92.7 Å². The van der Waals surface area contributed by atoms with Crippen molar-refractivity contribution >= 4 is 64.4 Å². The van der Waals surface area contributed by atoms with E-state index in [4.69, 9.17) is 30.5 Å². The summed E-state index contributed by atoms with van der Waals surface area (Å²) in [5, 5.41) is 11.4. The van der Waals surface area contributed by atoms with Crippen molar-refractivity contribution in [3.8, 4) is 0 Å². The Morgan fingerprint density at radius 3 is 0.985 bits per heavy atom. The number of carbonyl (C=O) groups is 6. The SMILES string of the molecule is C.CC(C)C(C(=O)O)C(C)C.CC(C)C(C(N)=O)C(C)C.CC1(C)C(C(N)=O)C1(C)C.CCC(C)C(CC)C(N)=O.CCCC(C(N)=O)C(C)C.CNC(=O)C1C(C)(C)C1(C)C.[2H]PI.[2H][I-][2H]. The minimum absolute atomic E-state index is 0. The molecule has 65 heavy (non-hydrogen) atoms. The molecule has 2 aliphatic rings. The number of hydrogen-bond donors (Lipinski definition) is 6. The zero-order valence-corrected chi connectivity index (χ0v) is 50.0. The summed E-state index contributed by atoms with van der Waals surface area (Å²) in [7, 11) is 1.70. The van der Waals surface area contributed by atoms with Gasteiger partial charge in [0.15, 0.2) is 0 Å². The van der Waals surface area contributed by atoms with E-state index in [-0.39, 0.29) is 106 Å². The van der Waals surface area contributed by atoms with Crippen molar-refractivity contribution in [3.05, 3.63) is 0 Å². The Morgan fingerprint density at radius 1 is 0.631 bits per heavy atom. The normalized spacial score (nSPS) is 17.7. The van der Waals surface area contributed by atoms with Gasteiger partial charge >= 0.3 is 30.7 Å². The molecule has 4 atom stereocenters. The van der Waals surface area contributed by atoms with Gasteiger partial charge in [0.1, 0.15) is 0 Å². The molecule has 0 heterocycles. The van der Waals surface area contributed by atoms with Crippen molar-refractivity contribution in [1.82, 2.24) is 5.32 Å². The third-order valence-electron chi connectivity index (χ3n) is 14.2. The van der Waals surface area contributed by atoms with Crippen LogP contribution in [0.4, 0.5) is 0 Å².